The average Bonchev–Trinajstić information content (AvgIpc) is 2.87. The van der Waals surface area contributed by atoms with Crippen LogP contribution >= 0.6 is 27.3 Å². The average molecular weight is 351 g/mol. The van der Waals surface area contributed by atoms with Crippen LogP contribution in [0.3, 0.4) is 0 Å². The Hall–Kier alpha value is -1.12. The van der Waals surface area contributed by atoms with Crippen LogP contribution in [0.2, 0.25) is 0 Å². The number of hydrogen-bond donors (Lipinski definition) is 1. The van der Waals surface area contributed by atoms with Gasteiger partial charge in [0.15, 0.2) is 0 Å². The summed E-state index contributed by atoms with van der Waals surface area (Å²) in [5, 5.41) is 8.67. The van der Waals surface area contributed by atoms with Gasteiger partial charge in [0, 0.05) is 15.8 Å². The number of aliphatic hydroxyl groups is 1. The molecule has 0 saturated carbocycles. The van der Waals surface area contributed by atoms with Crippen molar-refractivity contribution in [3.63, 3.8) is 0 Å². The molecule has 0 saturated heterocycles. The van der Waals surface area contributed by atoms with Gasteiger partial charge in [-0.25, -0.2) is 0 Å². The number of ether oxygens (including phenoxy) is 1. The van der Waals surface area contributed by atoms with Gasteiger partial charge in [-0.15, -0.1) is 11.3 Å². The highest BCUT2D eigenvalue weighted by molar-refractivity contribution is 9.10. The number of rotatable bonds is 5. The van der Waals surface area contributed by atoms with Crippen molar-refractivity contribution in [2.45, 2.75) is 19.6 Å². The van der Waals surface area contributed by atoms with Crippen molar-refractivity contribution in [2.24, 2.45) is 0 Å². The molecule has 1 aromatic carbocycles. The molecule has 104 valence electrons. The van der Waals surface area contributed by atoms with Gasteiger partial charge in [0.05, 0.1) is 24.7 Å². The minimum atomic E-state index is 0.112. The van der Waals surface area contributed by atoms with Gasteiger partial charge in [-0.3, -0.25) is 0 Å². The first-order valence-electron chi connectivity index (χ1n) is 6.28. The van der Waals surface area contributed by atoms with Gasteiger partial charge in [0.2, 0.25) is 0 Å². The van der Waals surface area contributed by atoms with Gasteiger partial charge in [0.1, 0.15) is 0 Å². The van der Waals surface area contributed by atoms with Gasteiger partial charge in [-0.1, -0.05) is 39.9 Å². The first-order chi connectivity index (χ1) is 9.78. The topological polar surface area (TPSA) is 29.5 Å². The van der Waals surface area contributed by atoms with Crippen molar-refractivity contribution in [2.75, 3.05) is 6.61 Å². The van der Waals surface area contributed by atoms with Gasteiger partial charge in [0.25, 0.3) is 0 Å². The molecule has 0 fully saturated rings. The van der Waals surface area contributed by atoms with E-state index in [9.17, 15) is 0 Å². The molecule has 20 heavy (non-hydrogen) atoms. The molecule has 2 nitrogen and oxygen atoms in total. The van der Waals surface area contributed by atoms with E-state index in [4.69, 9.17) is 9.84 Å². The minimum Gasteiger partial charge on any atom is -0.395 e. The Morgan fingerprint density at radius 1 is 1.20 bits per heavy atom. The SMILES string of the molecule is OCCC#Cc1ccc(COCc2cccc(Br)c2)s1. The van der Waals surface area contributed by atoms with Crippen molar-refractivity contribution in [1.82, 2.24) is 0 Å². The van der Waals surface area contributed by atoms with E-state index in [0.29, 0.717) is 19.6 Å². The van der Waals surface area contributed by atoms with Crippen molar-refractivity contribution < 1.29 is 9.84 Å². The molecule has 4 heteroatoms. The summed E-state index contributed by atoms with van der Waals surface area (Å²) in [7, 11) is 0. The predicted molar refractivity (Wildman–Crippen MR) is 85.5 cm³/mol. The molecular weight excluding hydrogens is 336 g/mol. The molecule has 1 aromatic heterocycles. The largest absolute Gasteiger partial charge is 0.395 e. The van der Waals surface area contributed by atoms with Crippen LogP contribution in [-0.2, 0) is 18.0 Å². The summed E-state index contributed by atoms with van der Waals surface area (Å²) in [5.74, 6) is 5.95. The molecule has 1 heterocycles. The smallest absolute Gasteiger partial charge is 0.0814 e. The van der Waals surface area contributed by atoms with E-state index >= 15 is 0 Å². The summed E-state index contributed by atoms with van der Waals surface area (Å²) in [4.78, 5) is 2.17. The summed E-state index contributed by atoms with van der Waals surface area (Å²) in [6.07, 6.45) is 0.520. The minimum absolute atomic E-state index is 0.112. The van der Waals surface area contributed by atoms with Crippen LogP contribution in [0, 0.1) is 11.8 Å². The molecule has 0 spiro atoms. The third-order valence-corrected chi connectivity index (χ3v) is 3.98. The third-order valence-electron chi connectivity index (χ3n) is 2.51. The van der Waals surface area contributed by atoms with E-state index in [0.717, 1.165) is 19.8 Å². The van der Waals surface area contributed by atoms with Crippen molar-refractivity contribution in [3.8, 4) is 11.8 Å². The highest BCUT2D eigenvalue weighted by atomic mass is 79.9. The first-order valence-corrected chi connectivity index (χ1v) is 7.89. The van der Waals surface area contributed by atoms with Crippen molar-refractivity contribution in [3.05, 3.63) is 56.2 Å². The maximum absolute atomic E-state index is 8.67. The number of halogens is 1. The van der Waals surface area contributed by atoms with E-state index < -0.39 is 0 Å². The quantitative estimate of drug-likeness (QED) is 0.827. The van der Waals surface area contributed by atoms with E-state index in [1.807, 2.05) is 30.3 Å². The second-order valence-electron chi connectivity index (χ2n) is 4.16. The van der Waals surface area contributed by atoms with Gasteiger partial charge < -0.3 is 9.84 Å². The predicted octanol–water partition coefficient (Wildman–Crippen LogP) is 3.96. The highest BCUT2D eigenvalue weighted by Gasteiger charge is 1.99. The van der Waals surface area contributed by atoms with E-state index in [1.54, 1.807) is 11.3 Å². The zero-order chi connectivity index (χ0) is 14.2. The maximum atomic E-state index is 8.67. The van der Waals surface area contributed by atoms with Crippen LogP contribution in [0.5, 0.6) is 0 Å². The molecule has 0 radical (unpaired) electrons. The normalized spacial score (nSPS) is 10.1. The molecule has 2 rings (SSSR count). The standard InChI is InChI=1S/C16H15BrO2S/c17-14-5-3-4-13(10-14)11-19-12-16-8-7-15(20-16)6-1-2-9-18/h3-5,7-8,10,18H,2,9,11-12H2. The van der Waals surface area contributed by atoms with Gasteiger partial charge in [-0.05, 0) is 29.8 Å². The molecule has 0 aliphatic carbocycles. The highest BCUT2D eigenvalue weighted by Crippen LogP contribution is 2.18. The van der Waals surface area contributed by atoms with Gasteiger partial charge >= 0.3 is 0 Å². The van der Waals surface area contributed by atoms with Crippen LogP contribution < -0.4 is 0 Å². The molecule has 1 N–H and O–H groups in total. The number of aliphatic hydroxyl groups excluding tert-OH is 1. The van der Waals surface area contributed by atoms with Crippen LogP contribution in [0.25, 0.3) is 0 Å². The third kappa shape index (κ3) is 5.10. The lowest BCUT2D eigenvalue weighted by Crippen LogP contribution is -1.92. The Morgan fingerprint density at radius 2 is 2.10 bits per heavy atom. The summed E-state index contributed by atoms with van der Waals surface area (Å²) >= 11 is 5.08. The fraction of sp³-hybridized carbons (Fsp3) is 0.250. The van der Waals surface area contributed by atoms with Crippen LogP contribution in [0.1, 0.15) is 21.7 Å². The summed E-state index contributed by atoms with van der Waals surface area (Å²) in [5.41, 5.74) is 1.15. The van der Waals surface area contributed by atoms with Crippen LogP contribution in [-0.4, -0.2) is 11.7 Å². The Labute approximate surface area is 131 Å². The monoisotopic (exact) mass is 350 g/mol. The maximum Gasteiger partial charge on any atom is 0.0814 e. The van der Waals surface area contributed by atoms with E-state index in [2.05, 4.69) is 33.8 Å². The van der Waals surface area contributed by atoms with Crippen LogP contribution in [0.15, 0.2) is 40.9 Å². The molecule has 0 unspecified atom stereocenters. The Bertz CT molecular complexity index is 610. The molecule has 0 atom stereocenters. The lowest BCUT2D eigenvalue weighted by molar-refractivity contribution is 0.109. The Balaban J connectivity index is 1.81. The zero-order valence-electron chi connectivity index (χ0n) is 10.9. The fourth-order valence-corrected chi connectivity index (χ4v) is 2.89. The summed E-state index contributed by atoms with van der Waals surface area (Å²) < 4.78 is 6.77. The van der Waals surface area contributed by atoms with E-state index in [-0.39, 0.29) is 6.61 Å². The second-order valence-corrected chi connectivity index (χ2v) is 6.25. The summed E-state index contributed by atoms with van der Waals surface area (Å²) in [6.45, 7) is 1.31. The lowest BCUT2D eigenvalue weighted by atomic mass is 10.2. The van der Waals surface area contributed by atoms with Crippen molar-refractivity contribution in [1.29, 1.82) is 0 Å². The first kappa shape index (κ1) is 15.3. The Morgan fingerprint density at radius 3 is 2.90 bits per heavy atom. The molecule has 0 bridgehead atoms. The summed E-state index contributed by atoms with van der Waals surface area (Å²) in [6, 6.07) is 12.1. The molecule has 0 aliphatic rings. The number of thiophene rings is 1. The second kappa shape index (κ2) is 8.23. The molecule has 0 aliphatic heterocycles. The molecule has 2 aromatic rings. The van der Waals surface area contributed by atoms with Crippen LogP contribution in [0.4, 0.5) is 0 Å². The van der Waals surface area contributed by atoms with Crippen molar-refractivity contribution >= 4 is 27.3 Å². The lowest BCUT2D eigenvalue weighted by Gasteiger charge is -2.03. The molecular formula is C16H15BrO2S. The fourth-order valence-electron chi connectivity index (χ4n) is 1.62. The zero-order valence-corrected chi connectivity index (χ0v) is 13.3. The number of hydrogen-bond acceptors (Lipinski definition) is 3. The number of benzene rings is 1. The Kier molecular flexibility index (Phi) is 6.28. The van der Waals surface area contributed by atoms with Gasteiger partial charge in [-0.2, -0.15) is 0 Å². The molecule has 0 amide bonds. The van der Waals surface area contributed by atoms with E-state index in [1.165, 1.54) is 0 Å².